The van der Waals surface area contributed by atoms with Crippen molar-refractivity contribution < 1.29 is 9.59 Å². The van der Waals surface area contributed by atoms with Crippen LogP contribution in [0.2, 0.25) is 0 Å². The maximum Gasteiger partial charge on any atom is 0.194 e. The van der Waals surface area contributed by atoms with E-state index in [4.69, 9.17) is 0 Å². The van der Waals surface area contributed by atoms with Gasteiger partial charge in [0.25, 0.3) is 0 Å². The van der Waals surface area contributed by atoms with Crippen molar-refractivity contribution in [1.82, 2.24) is 0 Å². The highest BCUT2D eigenvalue weighted by atomic mass is 16.1. The SMILES string of the molecule is O=C1c2ccccc2-c2ccccc21.O=C1c2ccccc2-c2ccccc21. The Morgan fingerprint density at radius 3 is 0.679 bits per heavy atom. The summed E-state index contributed by atoms with van der Waals surface area (Å²) in [5.74, 6) is 0.299. The standard InChI is InChI=1S/2C13H8O/c2*14-13-11-7-3-1-5-9(11)10-6-2-4-8-12(10)13/h2*1-8H. The molecule has 132 valence electrons. The minimum atomic E-state index is 0.149. The second-order valence-electron chi connectivity index (χ2n) is 6.84. The predicted octanol–water partition coefficient (Wildman–Crippen LogP) is 5.80. The maximum atomic E-state index is 11.9. The van der Waals surface area contributed by atoms with Gasteiger partial charge in [0.1, 0.15) is 0 Å². The molecule has 0 bridgehead atoms. The normalized spacial score (nSPS) is 12.4. The van der Waals surface area contributed by atoms with E-state index < -0.39 is 0 Å². The van der Waals surface area contributed by atoms with Gasteiger partial charge in [-0.05, 0) is 22.3 Å². The van der Waals surface area contributed by atoms with Crippen LogP contribution < -0.4 is 0 Å². The number of rotatable bonds is 0. The minimum absolute atomic E-state index is 0.149. The molecule has 0 radical (unpaired) electrons. The first-order chi connectivity index (χ1) is 13.8. The highest BCUT2D eigenvalue weighted by Gasteiger charge is 2.25. The summed E-state index contributed by atoms with van der Waals surface area (Å²) >= 11 is 0. The van der Waals surface area contributed by atoms with Crippen LogP contribution >= 0.6 is 0 Å². The third-order valence-corrected chi connectivity index (χ3v) is 5.27. The summed E-state index contributed by atoms with van der Waals surface area (Å²) in [7, 11) is 0. The minimum Gasteiger partial charge on any atom is -0.289 e. The Morgan fingerprint density at radius 1 is 0.286 bits per heavy atom. The van der Waals surface area contributed by atoms with Crippen LogP contribution in [0.5, 0.6) is 0 Å². The van der Waals surface area contributed by atoms with E-state index in [2.05, 4.69) is 0 Å². The van der Waals surface area contributed by atoms with Gasteiger partial charge in [0.15, 0.2) is 11.6 Å². The van der Waals surface area contributed by atoms with Gasteiger partial charge in [-0.15, -0.1) is 0 Å². The lowest BCUT2D eigenvalue weighted by molar-refractivity contribution is 0.103. The van der Waals surface area contributed by atoms with E-state index in [1.54, 1.807) is 0 Å². The summed E-state index contributed by atoms with van der Waals surface area (Å²) in [6.45, 7) is 0. The first-order valence-corrected chi connectivity index (χ1v) is 9.22. The summed E-state index contributed by atoms with van der Waals surface area (Å²) in [4.78, 5) is 23.8. The van der Waals surface area contributed by atoms with Crippen LogP contribution in [0.3, 0.4) is 0 Å². The fourth-order valence-corrected chi connectivity index (χ4v) is 3.95. The molecule has 28 heavy (non-hydrogen) atoms. The van der Waals surface area contributed by atoms with E-state index in [0.29, 0.717) is 0 Å². The average molecular weight is 360 g/mol. The summed E-state index contributed by atoms with van der Waals surface area (Å²) in [5, 5.41) is 0. The van der Waals surface area contributed by atoms with Crippen LogP contribution in [0.4, 0.5) is 0 Å². The molecule has 2 nitrogen and oxygen atoms in total. The molecule has 0 aliphatic heterocycles. The zero-order chi connectivity index (χ0) is 19.1. The molecule has 2 heteroatoms. The molecule has 0 heterocycles. The Hall–Kier alpha value is -3.78. The molecule has 0 N–H and O–H groups in total. The number of carbonyl (C=O) groups excluding carboxylic acids is 2. The molecule has 2 aliphatic carbocycles. The topological polar surface area (TPSA) is 34.1 Å². The van der Waals surface area contributed by atoms with Gasteiger partial charge >= 0.3 is 0 Å². The van der Waals surface area contributed by atoms with Gasteiger partial charge in [-0.1, -0.05) is 97.1 Å². The molecule has 2 aliphatic rings. The largest absolute Gasteiger partial charge is 0.289 e. The van der Waals surface area contributed by atoms with Gasteiger partial charge in [-0.25, -0.2) is 0 Å². The summed E-state index contributed by atoms with van der Waals surface area (Å²) < 4.78 is 0. The fourth-order valence-electron chi connectivity index (χ4n) is 3.95. The van der Waals surface area contributed by atoms with E-state index in [9.17, 15) is 9.59 Å². The van der Waals surface area contributed by atoms with Crippen LogP contribution in [-0.4, -0.2) is 11.6 Å². The monoisotopic (exact) mass is 360 g/mol. The van der Waals surface area contributed by atoms with Crippen LogP contribution in [0.25, 0.3) is 22.3 Å². The summed E-state index contributed by atoms with van der Waals surface area (Å²) in [6, 6.07) is 31.0. The van der Waals surface area contributed by atoms with Crippen molar-refractivity contribution in [1.29, 1.82) is 0 Å². The lowest BCUT2D eigenvalue weighted by atomic mass is 10.1. The molecule has 0 saturated carbocycles. The van der Waals surface area contributed by atoms with E-state index in [1.165, 1.54) is 0 Å². The Morgan fingerprint density at radius 2 is 0.464 bits per heavy atom. The molecule has 4 aromatic carbocycles. The molecule has 0 amide bonds. The summed E-state index contributed by atoms with van der Waals surface area (Å²) in [5.41, 5.74) is 7.56. The van der Waals surface area contributed by atoms with E-state index in [-0.39, 0.29) is 11.6 Å². The Kier molecular flexibility index (Phi) is 3.77. The van der Waals surface area contributed by atoms with Gasteiger partial charge in [-0.2, -0.15) is 0 Å². The average Bonchev–Trinajstić information content (AvgIpc) is 3.22. The highest BCUT2D eigenvalue weighted by molar-refractivity contribution is 6.22. The summed E-state index contributed by atoms with van der Waals surface area (Å²) in [6.07, 6.45) is 0. The van der Waals surface area contributed by atoms with Crippen molar-refractivity contribution in [2.24, 2.45) is 0 Å². The van der Waals surface area contributed by atoms with Crippen LogP contribution in [0.1, 0.15) is 31.8 Å². The molecule has 0 aromatic heterocycles. The lowest BCUT2D eigenvalue weighted by Crippen LogP contribution is -1.93. The number of benzene rings is 4. The van der Waals surface area contributed by atoms with Gasteiger partial charge < -0.3 is 0 Å². The second-order valence-corrected chi connectivity index (χ2v) is 6.84. The predicted molar refractivity (Wildman–Crippen MR) is 111 cm³/mol. The number of hydrogen-bond donors (Lipinski definition) is 0. The molecule has 4 aromatic rings. The first kappa shape index (κ1) is 16.4. The molecule has 6 rings (SSSR count). The van der Waals surface area contributed by atoms with Crippen molar-refractivity contribution in [2.75, 3.05) is 0 Å². The number of fused-ring (bicyclic) bond motifs is 6. The van der Waals surface area contributed by atoms with Crippen LogP contribution in [0, 0.1) is 0 Å². The zero-order valence-corrected chi connectivity index (χ0v) is 15.1. The van der Waals surface area contributed by atoms with Crippen molar-refractivity contribution in [3.8, 4) is 22.3 Å². The van der Waals surface area contributed by atoms with Crippen molar-refractivity contribution in [3.05, 3.63) is 119 Å². The van der Waals surface area contributed by atoms with Gasteiger partial charge in [0.2, 0.25) is 0 Å². The Labute approximate surface area is 163 Å². The van der Waals surface area contributed by atoms with Crippen LogP contribution in [0.15, 0.2) is 97.1 Å². The molecule has 0 spiro atoms. The number of hydrogen-bond acceptors (Lipinski definition) is 2. The van der Waals surface area contributed by atoms with E-state index in [1.807, 2.05) is 97.1 Å². The maximum absolute atomic E-state index is 11.9. The fraction of sp³-hybridized carbons (Fsp3) is 0. The first-order valence-electron chi connectivity index (χ1n) is 9.22. The quantitative estimate of drug-likeness (QED) is 0.343. The zero-order valence-electron chi connectivity index (χ0n) is 15.1. The van der Waals surface area contributed by atoms with E-state index >= 15 is 0 Å². The molecular formula is C26H16O2. The second kappa shape index (κ2) is 6.43. The van der Waals surface area contributed by atoms with Crippen molar-refractivity contribution >= 4 is 11.6 Å². The number of ketones is 2. The van der Waals surface area contributed by atoms with Gasteiger partial charge in [-0.3, -0.25) is 9.59 Å². The molecule has 0 saturated heterocycles. The third kappa shape index (κ3) is 2.43. The lowest BCUT2D eigenvalue weighted by Gasteiger charge is -1.96. The van der Waals surface area contributed by atoms with Gasteiger partial charge in [0.05, 0.1) is 0 Å². The third-order valence-electron chi connectivity index (χ3n) is 5.27. The molecule has 0 unspecified atom stereocenters. The Bertz CT molecular complexity index is 1060. The Balaban J connectivity index is 0.000000122. The molecular weight excluding hydrogens is 344 g/mol. The molecule has 0 fully saturated rings. The number of carbonyl (C=O) groups is 2. The molecule has 0 atom stereocenters. The van der Waals surface area contributed by atoms with Crippen LogP contribution in [-0.2, 0) is 0 Å². The smallest absolute Gasteiger partial charge is 0.194 e. The van der Waals surface area contributed by atoms with Gasteiger partial charge in [0, 0.05) is 22.3 Å². The van der Waals surface area contributed by atoms with Crippen molar-refractivity contribution in [2.45, 2.75) is 0 Å². The van der Waals surface area contributed by atoms with Crippen molar-refractivity contribution in [3.63, 3.8) is 0 Å². The highest BCUT2D eigenvalue weighted by Crippen LogP contribution is 2.36. The van der Waals surface area contributed by atoms with E-state index in [0.717, 1.165) is 44.5 Å².